The van der Waals surface area contributed by atoms with E-state index in [9.17, 15) is 0 Å². The highest BCUT2D eigenvalue weighted by Gasteiger charge is 2.57. The van der Waals surface area contributed by atoms with Crippen LogP contribution in [0.25, 0.3) is 0 Å². The van der Waals surface area contributed by atoms with Crippen LogP contribution in [-0.4, -0.2) is 82.6 Å². The largest absolute Gasteiger partial charge is 0.417 e. The molecule has 0 spiro atoms. The van der Waals surface area contributed by atoms with Crippen molar-refractivity contribution >= 4 is 55.9 Å². The quantitative estimate of drug-likeness (QED) is 0.121. The fraction of sp³-hybridized carbons (Fsp3) is 0.946. The van der Waals surface area contributed by atoms with Gasteiger partial charge in [0.15, 0.2) is 33.3 Å². The van der Waals surface area contributed by atoms with Crippen molar-refractivity contribution in [1.29, 1.82) is 0 Å². The van der Waals surface area contributed by atoms with Crippen LogP contribution in [0.2, 0.25) is 72.5 Å². The van der Waals surface area contributed by atoms with Crippen LogP contribution in [0.15, 0.2) is 10.2 Å². The molecule has 0 aromatic heterocycles. The maximum atomic E-state index is 7.54. The molecule has 6 nitrogen and oxygen atoms in total. The first kappa shape index (κ1) is 45.3. The van der Waals surface area contributed by atoms with Crippen LogP contribution < -0.4 is 0 Å². The Morgan fingerprint density at radius 3 is 1.62 bits per heavy atom. The number of rotatable bonds is 15. The van der Waals surface area contributed by atoms with Crippen molar-refractivity contribution in [3.05, 3.63) is 10.2 Å². The highest BCUT2D eigenvalue weighted by molar-refractivity contribution is 14.1. The van der Waals surface area contributed by atoms with Crippen molar-refractivity contribution in [2.24, 2.45) is 0 Å². The van der Waals surface area contributed by atoms with E-state index in [0.717, 1.165) is 25.9 Å². The minimum absolute atomic E-state index is 0.0202. The van der Waals surface area contributed by atoms with Gasteiger partial charge in [-0.15, -0.1) is 0 Å². The van der Waals surface area contributed by atoms with Gasteiger partial charge >= 0.3 is 0 Å². The first-order valence-electron chi connectivity index (χ1n) is 19.0. The number of ether oxygens (including phenoxy) is 2. The number of fused-ring (bicyclic) bond motifs is 1. The Hall–Kier alpha value is 1.10. The van der Waals surface area contributed by atoms with Crippen LogP contribution in [0.1, 0.15) is 102 Å². The maximum Gasteiger partial charge on any atom is 0.193 e. The molecule has 2 saturated heterocycles. The third-order valence-electron chi connectivity index (χ3n) is 12.9. The zero-order valence-electron chi connectivity index (χ0n) is 34.5. The summed E-state index contributed by atoms with van der Waals surface area (Å²) in [5.74, 6) is 0. The van der Waals surface area contributed by atoms with E-state index < -0.39 is 33.3 Å². The van der Waals surface area contributed by atoms with E-state index in [0.29, 0.717) is 0 Å². The zero-order chi connectivity index (χ0) is 37.1. The van der Waals surface area contributed by atoms with E-state index >= 15 is 0 Å². The molecule has 7 atom stereocenters. The SMILES string of the molecule is CC[Si](CC)(CC)OCC[C@H]1CC[C@@H]2O[C@@H](C(/C=C/I)O[Si](C)(C)C(C)(C)C)C(O[Si](C)(C)C(C)(C)C)C(O[Si](C)(C)C(C)(C)C)[C@H]2O1. The molecule has 2 heterocycles. The Labute approximate surface area is 315 Å². The van der Waals surface area contributed by atoms with E-state index in [-0.39, 0.29) is 57.8 Å². The van der Waals surface area contributed by atoms with Crippen LogP contribution in [0.4, 0.5) is 0 Å². The number of halogens is 1. The summed E-state index contributed by atoms with van der Waals surface area (Å²) in [6.45, 7) is 42.6. The van der Waals surface area contributed by atoms with Gasteiger partial charge in [-0.05, 0) is 102 Å². The van der Waals surface area contributed by atoms with Crippen LogP contribution in [0.3, 0.4) is 0 Å². The zero-order valence-corrected chi connectivity index (χ0v) is 40.6. The monoisotopic (exact) mass is 856 g/mol. The van der Waals surface area contributed by atoms with E-state index in [1.54, 1.807) is 0 Å². The van der Waals surface area contributed by atoms with Crippen LogP contribution >= 0.6 is 22.6 Å². The minimum Gasteiger partial charge on any atom is -0.417 e. The summed E-state index contributed by atoms with van der Waals surface area (Å²) < 4.78 is 45.5. The lowest BCUT2D eigenvalue weighted by molar-refractivity contribution is -0.267. The van der Waals surface area contributed by atoms with Crippen molar-refractivity contribution in [2.45, 2.75) is 218 Å². The van der Waals surface area contributed by atoms with Gasteiger partial charge < -0.3 is 27.2 Å². The summed E-state index contributed by atoms with van der Waals surface area (Å²) in [4.78, 5) is 0. The first-order valence-corrected chi connectivity index (χ1v) is 31.5. The van der Waals surface area contributed by atoms with Gasteiger partial charge in [0.25, 0.3) is 0 Å². The molecule has 11 heteroatoms. The van der Waals surface area contributed by atoms with Crippen molar-refractivity contribution in [3.8, 4) is 0 Å². The van der Waals surface area contributed by atoms with Gasteiger partial charge in [0.05, 0.1) is 18.3 Å². The van der Waals surface area contributed by atoms with Gasteiger partial charge in [-0.25, -0.2) is 0 Å². The molecule has 2 fully saturated rings. The second-order valence-corrected chi connectivity index (χ2v) is 38.9. The van der Waals surface area contributed by atoms with Crippen molar-refractivity contribution < 1.29 is 27.2 Å². The fourth-order valence-electron chi connectivity index (χ4n) is 6.03. The molecule has 0 aromatic rings. The minimum atomic E-state index is -2.28. The molecule has 284 valence electrons. The molecule has 2 rings (SSSR count). The lowest BCUT2D eigenvalue weighted by Gasteiger charge is -2.56. The lowest BCUT2D eigenvalue weighted by atomic mass is 9.87. The van der Waals surface area contributed by atoms with E-state index in [1.165, 1.54) is 18.1 Å². The third-order valence-corrected chi connectivity index (χ3v) is 31.4. The first-order chi connectivity index (χ1) is 21.7. The van der Waals surface area contributed by atoms with Gasteiger partial charge in [0, 0.05) is 6.61 Å². The van der Waals surface area contributed by atoms with E-state index in [1.807, 2.05) is 0 Å². The molecule has 3 unspecified atom stereocenters. The normalized spacial score (nSPS) is 27.7. The van der Waals surface area contributed by atoms with E-state index in [4.69, 9.17) is 27.2 Å². The van der Waals surface area contributed by atoms with Gasteiger partial charge in [-0.3, -0.25) is 0 Å². The second kappa shape index (κ2) is 17.1. The molecule has 0 saturated carbocycles. The topological polar surface area (TPSA) is 55.4 Å². The molecule has 2 aliphatic heterocycles. The molecular weight excluding hydrogens is 780 g/mol. The summed E-state index contributed by atoms with van der Waals surface area (Å²) in [5, 5.41) is 0.116. The molecule has 0 N–H and O–H groups in total. The number of hydrogen-bond acceptors (Lipinski definition) is 6. The Morgan fingerprint density at radius 1 is 0.708 bits per heavy atom. The predicted molar refractivity (Wildman–Crippen MR) is 224 cm³/mol. The Morgan fingerprint density at radius 2 is 1.19 bits per heavy atom. The molecule has 0 amide bonds. The summed E-state index contributed by atoms with van der Waals surface area (Å²) in [7, 11) is -8.34. The van der Waals surface area contributed by atoms with Crippen LogP contribution in [0.5, 0.6) is 0 Å². The van der Waals surface area contributed by atoms with Gasteiger partial charge in [0.2, 0.25) is 0 Å². The molecule has 0 aliphatic carbocycles. The summed E-state index contributed by atoms with van der Waals surface area (Å²) >= 11 is 2.33. The smallest absolute Gasteiger partial charge is 0.193 e. The number of hydrogen-bond donors (Lipinski definition) is 0. The Balaban J connectivity index is 2.65. The second-order valence-electron chi connectivity index (χ2n) is 19.2. The van der Waals surface area contributed by atoms with Gasteiger partial charge in [-0.1, -0.05) is 106 Å². The van der Waals surface area contributed by atoms with Crippen LogP contribution in [-0.2, 0) is 27.2 Å². The highest BCUT2D eigenvalue weighted by atomic mass is 127. The van der Waals surface area contributed by atoms with Crippen LogP contribution in [0, 0.1) is 0 Å². The summed E-state index contributed by atoms with van der Waals surface area (Å²) in [5.41, 5.74) is 0. The molecule has 2 aliphatic rings. The van der Waals surface area contributed by atoms with E-state index in [2.05, 4.69) is 155 Å². The Bertz CT molecular complexity index is 1020. The average molecular weight is 857 g/mol. The summed E-state index contributed by atoms with van der Waals surface area (Å²) in [6, 6.07) is 3.51. The standard InChI is InChI=1S/C37H77IO6Si4/c1-19-48(20-2,21-3)39-27-25-28-22-23-29-31(40-28)33(43-46(15,16)36(7,8)9)34(44-47(17,18)37(10,11)12)32(41-29)30(24-26-38)42-45(13,14)35(4,5)6/h24,26,28-34H,19-23,25,27H2,1-18H3/b26-24+/t28-,29+,30?,31+,32+,33?,34?/m1/s1. The molecule has 48 heavy (non-hydrogen) atoms. The average Bonchev–Trinajstić information content (AvgIpc) is 2.94. The molecular formula is C37H77IO6Si4. The lowest BCUT2D eigenvalue weighted by Crippen LogP contribution is -2.69. The summed E-state index contributed by atoms with van der Waals surface area (Å²) in [6.07, 6.45) is 3.74. The van der Waals surface area contributed by atoms with Crippen molar-refractivity contribution in [1.82, 2.24) is 0 Å². The third kappa shape index (κ3) is 11.1. The van der Waals surface area contributed by atoms with Gasteiger partial charge in [0.1, 0.15) is 24.4 Å². The molecule has 0 radical (unpaired) electrons. The maximum absolute atomic E-state index is 7.54. The molecule has 0 bridgehead atoms. The highest BCUT2D eigenvalue weighted by Crippen LogP contribution is 2.47. The fourth-order valence-corrected chi connectivity index (χ4v) is 13.0. The van der Waals surface area contributed by atoms with Crippen molar-refractivity contribution in [3.63, 3.8) is 0 Å². The molecule has 0 aromatic carbocycles. The Kier molecular flexibility index (Phi) is 16.1. The van der Waals surface area contributed by atoms with Crippen molar-refractivity contribution in [2.75, 3.05) is 6.61 Å². The predicted octanol–water partition coefficient (Wildman–Crippen LogP) is 11.8. The van der Waals surface area contributed by atoms with Gasteiger partial charge in [-0.2, -0.15) is 0 Å².